The smallest absolute Gasteiger partial charge is 0.293 e. The van der Waals surface area contributed by atoms with Gasteiger partial charge in [0.05, 0.1) is 18.6 Å². The van der Waals surface area contributed by atoms with Crippen molar-refractivity contribution in [1.82, 2.24) is 4.90 Å². The number of carbonyl (C=O) groups excluding carboxylic acids is 2. The Hall–Kier alpha value is -4.23. The lowest BCUT2D eigenvalue weighted by Gasteiger charge is -2.13. The summed E-state index contributed by atoms with van der Waals surface area (Å²) in [6.07, 6.45) is 1.69. The Morgan fingerprint density at radius 1 is 0.838 bits per heavy atom. The van der Waals surface area contributed by atoms with Gasteiger partial charge in [-0.25, -0.2) is 0 Å². The van der Waals surface area contributed by atoms with Gasteiger partial charge in [0.15, 0.2) is 11.5 Å². The van der Waals surface area contributed by atoms with Gasteiger partial charge in [-0.15, -0.1) is 0 Å². The van der Waals surface area contributed by atoms with Crippen LogP contribution < -0.4 is 14.2 Å². The van der Waals surface area contributed by atoms with E-state index in [1.165, 1.54) is 4.90 Å². The van der Waals surface area contributed by atoms with Crippen LogP contribution in [0.2, 0.25) is 0 Å². The summed E-state index contributed by atoms with van der Waals surface area (Å²) in [6.45, 7) is 0.800. The van der Waals surface area contributed by atoms with Crippen molar-refractivity contribution in [2.75, 3.05) is 20.3 Å². The van der Waals surface area contributed by atoms with Crippen molar-refractivity contribution < 1.29 is 23.8 Å². The zero-order chi connectivity index (χ0) is 25.6. The summed E-state index contributed by atoms with van der Waals surface area (Å²) in [7, 11) is 1.57. The zero-order valence-corrected chi connectivity index (χ0v) is 21.1. The van der Waals surface area contributed by atoms with Crippen LogP contribution in [0.15, 0.2) is 95.9 Å². The third-order valence-electron chi connectivity index (χ3n) is 5.95. The predicted molar refractivity (Wildman–Crippen MR) is 146 cm³/mol. The first-order valence-electron chi connectivity index (χ1n) is 11.8. The average molecular weight is 512 g/mol. The van der Waals surface area contributed by atoms with E-state index in [0.717, 1.165) is 33.7 Å². The summed E-state index contributed by atoms with van der Waals surface area (Å²) < 4.78 is 17.3. The number of hydrogen-bond donors (Lipinski definition) is 0. The third kappa shape index (κ3) is 5.62. The van der Waals surface area contributed by atoms with Crippen molar-refractivity contribution in [3.05, 3.63) is 107 Å². The Morgan fingerprint density at radius 3 is 2.46 bits per heavy atom. The molecule has 7 heteroatoms. The number of ether oxygens (including phenoxy) is 3. The molecule has 1 aliphatic heterocycles. The minimum atomic E-state index is -0.332. The van der Waals surface area contributed by atoms with Crippen LogP contribution in [0.4, 0.5) is 4.79 Å². The molecule has 1 saturated heterocycles. The van der Waals surface area contributed by atoms with Gasteiger partial charge in [0.1, 0.15) is 19.0 Å². The molecule has 0 atom stereocenters. The highest BCUT2D eigenvalue weighted by molar-refractivity contribution is 8.18. The number of para-hydroxylation sites is 1. The summed E-state index contributed by atoms with van der Waals surface area (Å²) >= 11 is 0.920. The van der Waals surface area contributed by atoms with E-state index in [2.05, 4.69) is 18.2 Å². The van der Waals surface area contributed by atoms with Gasteiger partial charge in [-0.05, 0) is 64.0 Å². The summed E-state index contributed by atoms with van der Waals surface area (Å²) in [6, 6.07) is 29.1. The Balaban J connectivity index is 1.25. The highest BCUT2D eigenvalue weighted by atomic mass is 32.2. The highest BCUT2D eigenvalue weighted by Gasteiger charge is 2.34. The molecule has 0 N–H and O–H groups in total. The quantitative estimate of drug-likeness (QED) is 0.238. The molecular weight excluding hydrogens is 486 g/mol. The van der Waals surface area contributed by atoms with Crippen LogP contribution >= 0.6 is 11.8 Å². The Bertz CT molecular complexity index is 1460. The molecule has 0 saturated carbocycles. The number of hydrogen-bond acceptors (Lipinski definition) is 6. The highest BCUT2D eigenvalue weighted by Crippen LogP contribution is 2.35. The second-order valence-electron chi connectivity index (χ2n) is 8.33. The van der Waals surface area contributed by atoms with Crippen molar-refractivity contribution in [3.63, 3.8) is 0 Å². The molecule has 4 aromatic rings. The van der Waals surface area contributed by atoms with Crippen LogP contribution in [-0.2, 0) is 11.4 Å². The first-order chi connectivity index (χ1) is 18.1. The van der Waals surface area contributed by atoms with Crippen LogP contribution in [0, 0.1) is 0 Å². The van der Waals surface area contributed by atoms with Crippen molar-refractivity contribution in [2.24, 2.45) is 0 Å². The van der Waals surface area contributed by atoms with Crippen LogP contribution in [0.3, 0.4) is 0 Å². The molecule has 0 unspecified atom stereocenters. The number of rotatable bonds is 9. The second kappa shape index (κ2) is 11.2. The van der Waals surface area contributed by atoms with Gasteiger partial charge in [0, 0.05) is 0 Å². The number of nitrogens with zero attached hydrogens (tertiary/aromatic N) is 1. The van der Waals surface area contributed by atoms with Gasteiger partial charge in [-0.3, -0.25) is 14.5 Å². The number of benzene rings is 4. The molecule has 4 aromatic carbocycles. The lowest BCUT2D eigenvalue weighted by Crippen LogP contribution is -2.32. The fourth-order valence-corrected chi connectivity index (χ4v) is 4.95. The Kier molecular flexibility index (Phi) is 7.42. The Labute approximate surface area is 219 Å². The van der Waals surface area contributed by atoms with Gasteiger partial charge in [-0.1, -0.05) is 66.7 Å². The van der Waals surface area contributed by atoms with Crippen LogP contribution in [0.1, 0.15) is 11.1 Å². The molecule has 37 heavy (non-hydrogen) atoms. The molecule has 1 fully saturated rings. The molecule has 1 aliphatic rings. The van der Waals surface area contributed by atoms with Crippen molar-refractivity contribution in [1.29, 1.82) is 0 Å². The monoisotopic (exact) mass is 511 g/mol. The van der Waals surface area contributed by atoms with Crippen LogP contribution in [0.5, 0.6) is 17.2 Å². The number of imide groups is 1. The van der Waals surface area contributed by atoms with E-state index < -0.39 is 0 Å². The maximum atomic E-state index is 12.9. The van der Waals surface area contributed by atoms with Gasteiger partial charge in [0.25, 0.3) is 11.1 Å². The van der Waals surface area contributed by atoms with Crippen molar-refractivity contribution in [3.8, 4) is 17.2 Å². The molecular formula is C30H25NO5S. The number of carbonyl (C=O) groups is 2. The first kappa shape index (κ1) is 24.5. The predicted octanol–water partition coefficient (Wildman–Crippen LogP) is 6.54. The summed E-state index contributed by atoms with van der Waals surface area (Å²) in [5.74, 6) is 1.50. The molecule has 186 valence electrons. The summed E-state index contributed by atoms with van der Waals surface area (Å²) in [4.78, 5) is 26.9. The van der Waals surface area contributed by atoms with Crippen LogP contribution in [-0.4, -0.2) is 36.3 Å². The molecule has 0 spiro atoms. The maximum Gasteiger partial charge on any atom is 0.293 e. The van der Waals surface area contributed by atoms with Crippen molar-refractivity contribution in [2.45, 2.75) is 6.61 Å². The first-order valence-corrected chi connectivity index (χ1v) is 12.6. The van der Waals surface area contributed by atoms with Gasteiger partial charge in [-0.2, -0.15) is 0 Å². The van der Waals surface area contributed by atoms with E-state index in [9.17, 15) is 9.59 Å². The molecule has 5 rings (SSSR count). The van der Waals surface area contributed by atoms with E-state index in [-0.39, 0.29) is 24.3 Å². The minimum absolute atomic E-state index is 0.182. The van der Waals surface area contributed by atoms with Crippen molar-refractivity contribution >= 4 is 39.8 Å². The summed E-state index contributed by atoms with van der Waals surface area (Å²) in [5, 5.41) is 1.99. The molecule has 0 bridgehead atoms. The van der Waals surface area contributed by atoms with Gasteiger partial charge >= 0.3 is 0 Å². The fourth-order valence-electron chi connectivity index (χ4n) is 4.08. The standard InChI is InChI=1S/C30H25NO5S/c1-34-27-18-21(14-15-26(27)36-20-23-10-7-9-22-8-5-6-13-25(22)23)19-28-29(32)31(30(33)37-28)16-17-35-24-11-3-2-4-12-24/h2-15,18-19H,16-17,20H2,1H3/b28-19-. The second-order valence-corrected chi connectivity index (χ2v) is 9.33. The lowest BCUT2D eigenvalue weighted by atomic mass is 10.1. The van der Waals surface area contributed by atoms with Gasteiger partial charge in [0.2, 0.25) is 0 Å². The number of thioether (sulfide) groups is 1. The fraction of sp³-hybridized carbons (Fsp3) is 0.133. The van der Waals surface area contributed by atoms with E-state index in [1.54, 1.807) is 19.3 Å². The van der Waals surface area contributed by atoms with E-state index in [4.69, 9.17) is 14.2 Å². The SMILES string of the molecule is COc1cc(/C=C2\SC(=O)N(CCOc3ccccc3)C2=O)ccc1OCc1cccc2ccccc12. The maximum absolute atomic E-state index is 12.9. The minimum Gasteiger partial charge on any atom is -0.493 e. The molecule has 0 aromatic heterocycles. The topological polar surface area (TPSA) is 65.1 Å². The zero-order valence-electron chi connectivity index (χ0n) is 20.3. The molecule has 1 heterocycles. The molecule has 6 nitrogen and oxygen atoms in total. The van der Waals surface area contributed by atoms with E-state index in [1.807, 2.05) is 66.7 Å². The average Bonchev–Trinajstić information content (AvgIpc) is 3.20. The number of amides is 2. The largest absolute Gasteiger partial charge is 0.493 e. The van der Waals surface area contributed by atoms with E-state index in [0.29, 0.717) is 28.8 Å². The van der Waals surface area contributed by atoms with Crippen LogP contribution in [0.25, 0.3) is 16.8 Å². The molecule has 2 amide bonds. The Morgan fingerprint density at radius 2 is 1.62 bits per heavy atom. The number of fused-ring (bicyclic) bond motifs is 1. The molecule has 0 radical (unpaired) electrons. The number of methoxy groups -OCH3 is 1. The normalized spacial score (nSPS) is 14.4. The summed E-state index contributed by atoms with van der Waals surface area (Å²) in [5.41, 5.74) is 1.81. The third-order valence-corrected chi connectivity index (χ3v) is 6.86. The van der Waals surface area contributed by atoms with E-state index >= 15 is 0 Å². The molecule has 0 aliphatic carbocycles. The lowest BCUT2D eigenvalue weighted by molar-refractivity contribution is -0.123. The van der Waals surface area contributed by atoms with Gasteiger partial charge < -0.3 is 14.2 Å².